The summed E-state index contributed by atoms with van der Waals surface area (Å²) in [5.41, 5.74) is -1.51. The van der Waals surface area contributed by atoms with Crippen LogP contribution in [0.1, 0.15) is 40.0 Å². The molecule has 106 valence electrons. The van der Waals surface area contributed by atoms with Crippen molar-refractivity contribution in [1.82, 2.24) is 10.2 Å². The number of alkyl halides is 3. The largest absolute Gasteiger partial charge is 0.406 e. The highest BCUT2D eigenvalue weighted by Crippen LogP contribution is 2.54. The lowest BCUT2D eigenvalue weighted by Gasteiger charge is -2.44. The zero-order valence-electron chi connectivity index (χ0n) is 11.3. The lowest BCUT2D eigenvalue weighted by Crippen LogP contribution is -2.63. The molecule has 18 heavy (non-hydrogen) atoms. The van der Waals surface area contributed by atoms with Crippen molar-refractivity contribution >= 4 is 0 Å². The van der Waals surface area contributed by atoms with Gasteiger partial charge in [-0.25, -0.2) is 0 Å². The molecule has 1 aliphatic carbocycles. The molecule has 0 spiro atoms. The maximum atomic E-state index is 13.2. The van der Waals surface area contributed by atoms with E-state index in [2.05, 4.69) is 19.2 Å². The lowest BCUT2D eigenvalue weighted by molar-refractivity contribution is -0.205. The van der Waals surface area contributed by atoms with Gasteiger partial charge in [0.05, 0.1) is 0 Å². The molecule has 1 N–H and O–H groups in total. The molecule has 0 bridgehead atoms. The minimum atomic E-state index is -4.08. The van der Waals surface area contributed by atoms with Gasteiger partial charge in [-0.2, -0.15) is 13.2 Å². The van der Waals surface area contributed by atoms with E-state index in [4.69, 9.17) is 0 Å². The standard InChI is InChI=1S/C13H23F3N2/c1-9(2)6-11-8-18(10(3)7-17-11)12(4-5-12)13(14,15)16/h9-11,17H,4-8H2,1-3H3. The SMILES string of the molecule is CC(C)CC1CN(C2(C(F)(F)F)CC2)C(C)CN1. The van der Waals surface area contributed by atoms with Gasteiger partial charge in [0.1, 0.15) is 5.54 Å². The Morgan fingerprint density at radius 1 is 1.33 bits per heavy atom. The highest BCUT2D eigenvalue weighted by Gasteiger charge is 2.67. The molecular formula is C13H23F3N2. The fraction of sp³-hybridized carbons (Fsp3) is 1.00. The summed E-state index contributed by atoms with van der Waals surface area (Å²) in [5.74, 6) is 0.513. The Morgan fingerprint density at radius 2 is 1.94 bits per heavy atom. The minimum Gasteiger partial charge on any atom is -0.311 e. The topological polar surface area (TPSA) is 15.3 Å². The van der Waals surface area contributed by atoms with Gasteiger partial charge in [-0.05, 0) is 32.1 Å². The number of piperazine rings is 1. The van der Waals surface area contributed by atoms with E-state index in [1.165, 1.54) is 0 Å². The summed E-state index contributed by atoms with van der Waals surface area (Å²) in [6, 6.07) is 0.165. The quantitative estimate of drug-likeness (QED) is 0.843. The summed E-state index contributed by atoms with van der Waals surface area (Å²) < 4.78 is 39.5. The van der Waals surface area contributed by atoms with Crippen LogP contribution in [0.25, 0.3) is 0 Å². The van der Waals surface area contributed by atoms with Crippen LogP contribution in [0.4, 0.5) is 13.2 Å². The molecule has 0 aromatic rings. The first kappa shape index (κ1) is 14.1. The van der Waals surface area contributed by atoms with Crippen LogP contribution in [0.3, 0.4) is 0 Å². The molecule has 2 rings (SSSR count). The number of hydrogen-bond donors (Lipinski definition) is 1. The van der Waals surface area contributed by atoms with E-state index in [-0.39, 0.29) is 24.9 Å². The molecule has 2 aliphatic rings. The number of nitrogens with one attached hydrogen (secondary N) is 1. The van der Waals surface area contributed by atoms with Crippen LogP contribution >= 0.6 is 0 Å². The van der Waals surface area contributed by atoms with E-state index in [1.807, 2.05) is 6.92 Å². The monoisotopic (exact) mass is 264 g/mol. The van der Waals surface area contributed by atoms with Crippen LogP contribution in [0.2, 0.25) is 0 Å². The average Bonchev–Trinajstić information content (AvgIpc) is 3.00. The smallest absolute Gasteiger partial charge is 0.311 e. The predicted molar refractivity (Wildman–Crippen MR) is 65.4 cm³/mol. The Bertz CT molecular complexity index is 297. The van der Waals surface area contributed by atoms with E-state index in [9.17, 15) is 13.2 Å². The highest BCUT2D eigenvalue weighted by atomic mass is 19.4. The van der Waals surface area contributed by atoms with Crippen molar-refractivity contribution in [3.8, 4) is 0 Å². The fourth-order valence-electron chi connectivity index (χ4n) is 3.10. The average molecular weight is 264 g/mol. The number of rotatable bonds is 3. The van der Waals surface area contributed by atoms with Gasteiger partial charge in [0, 0.05) is 25.2 Å². The zero-order valence-corrected chi connectivity index (χ0v) is 11.3. The molecule has 2 nitrogen and oxygen atoms in total. The molecule has 1 aliphatic heterocycles. The van der Waals surface area contributed by atoms with Gasteiger partial charge < -0.3 is 5.32 Å². The Balaban J connectivity index is 2.07. The van der Waals surface area contributed by atoms with Crippen molar-refractivity contribution in [2.45, 2.75) is 63.8 Å². The van der Waals surface area contributed by atoms with Gasteiger partial charge in [0.25, 0.3) is 0 Å². The van der Waals surface area contributed by atoms with Crippen molar-refractivity contribution in [2.75, 3.05) is 13.1 Å². The van der Waals surface area contributed by atoms with Gasteiger partial charge in [0.15, 0.2) is 0 Å². The number of halogens is 3. The third-order valence-electron chi connectivity index (χ3n) is 4.21. The lowest BCUT2D eigenvalue weighted by atomic mass is 9.98. The van der Waals surface area contributed by atoms with Crippen molar-refractivity contribution in [2.24, 2.45) is 5.92 Å². The second kappa shape index (κ2) is 4.67. The summed E-state index contributed by atoms with van der Waals surface area (Å²) >= 11 is 0. The second-order valence-corrected chi connectivity index (χ2v) is 6.27. The number of nitrogens with zero attached hydrogens (tertiary/aromatic N) is 1. The summed E-state index contributed by atoms with van der Waals surface area (Å²) in [7, 11) is 0. The number of hydrogen-bond acceptors (Lipinski definition) is 2. The van der Waals surface area contributed by atoms with Gasteiger partial charge in [-0.1, -0.05) is 13.8 Å². The van der Waals surface area contributed by atoms with Gasteiger partial charge >= 0.3 is 6.18 Å². The Hall–Kier alpha value is -0.290. The van der Waals surface area contributed by atoms with E-state index in [1.54, 1.807) is 4.90 Å². The first-order valence-corrected chi connectivity index (χ1v) is 6.83. The first-order chi connectivity index (χ1) is 8.26. The molecule has 2 fully saturated rings. The van der Waals surface area contributed by atoms with Crippen molar-refractivity contribution in [1.29, 1.82) is 0 Å². The fourth-order valence-corrected chi connectivity index (χ4v) is 3.10. The van der Waals surface area contributed by atoms with Gasteiger partial charge in [-0.15, -0.1) is 0 Å². The van der Waals surface area contributed by atoms with E-state index >= 15 is 0 Å². The van der Waals surface area contributed by atoms with Crippen molar-refractivity contribution < 1.29 is 13.2 Å². The maximum absolute atomic E-state index is 13.2. The van der Waals surface area contributed by atoms with Gasteiger partial charge in [-0.3, -0.25) is 4.90 Å². The highest BCUT2D eigenvalue weighted by molar-refractivity contribution is 5.12. The second-order valence-electron chi connectivity index (χ2n) is 6.27. The molecule has 0 aromatic carbocycles. The molecule has 2 unspecified atom stereocenters. The Kier molecular flexibility index (Phi) is 3.67. The Labute approximate surface area is 107 Å². The van der Waals surface area contributed by atoms with Crippen LogP contribution in [0.5, 0.6) is 0 Å². The van der Waals surface area contributed by atoms with Crippen LogP contribution in [-0.2, 0) is 0 Å². The molecule has 0 radical (unpaired) electrons. The molecule has 1 heterocycles. The normalized spacial score (nSPS) is 32.8. The molecule has 0 amide bonds. The first-order valence-electron chi connectivity index (χ1n) is 6.83. The van der Waals surface area contributed by atoms with Crippen LogP contribution in [0.15, 0.2) is 0 Å². The van der Waals surface area contributed by atoms with Gasteiger partial charge in [0.2, 0.25) is 0 Å². The van der Waals surface area contributed by atoms with Crippen LogP contribution in [0, 0.1) is 5.92 Å². The molecule has 5 heteroatoms. The minimum absolute atomic E-state index is 0.0301. The summed E-state index contributed by atoms with van der Waals surface area (Å²) in [6.07, 6.45) is -2.59. The molecule has 0 aromatic heterocycles. The van der Waals surface area contributed by atoms with E-state index in [0.29, 0.717) is 19.0 Å². The van der Waals surface area contributed by atoms with Crippen molar-refractivity contribution in [3.05, 3.63) is 0 Å². The molecular weight excluding hydrogens is 241 g/mol. The molecule has 2 atom stereocenters. The van der Waals surface area contributed by atoms with Crippen LogP contribution in [-0.4, -0.2) is 41.8 Å². The predicted octanol–water partition coefficient (Wildman–Crippen LogP) is 2.79. The zero-order chi connectivity index (χ0) is 13.6. The van der Waals surface area contributed by atoms with Crippen molar-refractivity contribution in [3.63, 3.8) is 0 Å². The Morgan fingerprint density at radius 3 is 2.39 bits per heavy atom. The van der Waals surface area contributed by atoms with Crippen LogP contribution < -0.4 is 5.32 Å². The van der Waals surface area contributed by atoms with E-state index in [0.717, 1.165) is 6.42 Å². The summed E-state index contributed by atoms with van der Waals surface area (Å²) in [4.78, 5) is 1.70. The third-order valence-corrected chi connectivity index (χ3v) is 4.21. The summed E-state index contributed by atoms with van der Waals surface area (Å²) in [5, 5.41) is 3.37. The maximum Gasteiger partial charge on any atom is 0.406 e. The summed E-state index contributed by atoms with van der Waals surface area (Å²) in [6.45, 7) is 7.31. The van der Waals surface area contributed by atoms with E-state index < -0.39 is 11.7 Å². The molecule has 1 saturated heterocycles. The molecule has 1 saturated carbocycles. The third kappa shape index (κ3) is 2.52.